The minimum atomic E-state index is -0.852. The van der Waals surface area contributed by atoms with E-state index in [0.717, 1.165) is 29.8 Å². The molecule has 0 aromatic carbocycles. The summed E-state index contributed by atoms with van der Waals surface area (Å²) in [6.07, 6.45) is 11.2. The first kappa shape index (κ1) is 31.5. The molecule has 33 heavy (non-hydrogen) atoms. The summed E-state index contributed by atoms with van der Waals surface area (Å²) in [6, 6.07) is -0.633. The number of hydrogen-bond acceptors (Lipinski definition) is 7. The topological polar surface area (TPSA) is 66.4 Å². The van der Waals surface area contributed by atoms with Crippen molar-refractivity contribution in [2.24, 2.45) is 17.3 Å². The Bertz CT molecular complexity index is 546. The standard InChI is InChI=1S/C25H47NO3S4/c1-20(2)10-5-6-11-21-12-7-8-14-31-33-19-25(3,4)16-22(27)17-26-23(24(28)29)13-9-15-30-32-18-21/h20-21,23,26H,5-19H2,1-4H3,(H,28,29). The molecule has 1 aliphatic rings. The third kappa shape index (κ3) is 17.6. The van der Waals surface area contributed by atoms with Crippen molar-refractivity contribution >= 4 is 54.9 Å². The monoisotopic (exact) mass is 537 g/mol. The number of unbranched alkanes of at least 4 members (excludes halogenated alkanes) is 1. The number of carbonyl (C=O) groups excluding carboxylic acids is 1. The Hall–Kier alpha value is 0.500. The lowest BCUT2D eigenvalue weighted by Crippen LogP contribution is -2.40. The van der Waals surface area contributed by atoms with Gasteiger partial charge in [-0.05, 0) is 49.4 Å². The minimum absolute atomic E-state index is 0.0646. The van der Waals surface area contributed by atoms with Crippen LogP contribution in [0.15, 0.2) is 0 Å². The Balaban J connectivity index is 2.57. The Morgan fingerprint density at radius 2 is 1.79 bits per heavy atom. The van der Waals surface area contributed by atoms with Crippen LogP contribution in [0.5, 0.6) is 0 Å². The molecule has 0 aromatic heterocycles. The lowest BCUT2D eigenvalue weighted by molar-refractivity contribution is -0.139. The van der Waals surface area contributed by atoms with Crippen LogP contribution in [0.2, 0.25) is 0 Å². The van der Waals surface area contributed by atoms with Crippen molar-refractivity contribution < 1.29 is 14.7 Å². The van der Waals surface area contributed by atoms with Gasteiger partial charge in [0.05, 0.1) is 6.54 Å². The lowest BCUT2D eigenvalue weighted by atomic mass is 9.89. The van der Waals surface area contributed by atoms with Crippen LogP contribution < -0.4 is 5.32 Å². The maximum absolute atomic E-state index is 12.4. The highest BCUT2D eigenvalue weighted by Crippen LogP contribution is 2.34. The van der Waals surface area contributed by atoms with Crippen LogP contribution in [-0.2, 0) is 9.59 Å². The Labute approximate surface area is 218 Å². The molecule has 0 aliphatic carbocycles. The number of ketones is 1. The van der Waals surface area contributed by atoms with Crippen LogP contribution in [0.3, 0.4) is 0 Å². The largest absolute Gasteiger partial charge is 0.480 e. The highest BCUT2D eigenvalue weighted by atomic mass is 33.1. The molecule has 8 heteroatoms. The van der Waals surface area contributed by atoms with Gasteiger partial charge in [0, 0.05) is 29.4 Å². The van der Waals surface area contributed by atoms with Gasteiger partial charge in [-0.1, -0.05) is 96.6 Å². The van der Waals surface area contributed by atoms with Gasteiger partial charge in [-0.2, -0.15) is 0 Å². The smallest absolute Gasteiger partial charge is 0.320 e. The molecular formula is C25H47NO3S4. The second-order valence-electron chi connectivity index (χ2n) is 10.5. The molecule has 0 saturated carbocycles. The van der Waals surface area contributed by atoms with E-state index in [9.17, 15) is 14.7 Å². The maximum atomic E-state index is 12.4. The average Bonchev–Trinajstić information content (AvgIpc) is 2.72. The zero-order valence-corrected chi connectivity index (χ0v) is 24.5. The number of aliphatic carboxylic acids is 1. The highest BCUT2D eigenvalue weighted by molar-refractivity contribution is 8.77. The molecule has 2 unspecified atom stereocenters. The van der Waals surface area contributed by atoms with Crippen LogP contribution in [0.4, 0.5) is 0 Å². The van der Waals surface area contributed by atoms with Crippen LogP contribution >= 0.6 is 43.2 Å². The predicted octanol–water partition coefficient (Wildman–Crippen LogP) is 7.57. The van der Waals surface area contributed by atoms with E-state index < -0.39 is 12.0 Å². The van der Waals surface area contributed by atoms with Crippen LogP contribution in [-0.4, -0.2) is 52.5 Å². The molecule has 2 N–H and O–H groups in total. The Morgan fingerprint density at radius 1 is 1.06 bits per heavy atom. The van der Waals surface area contributed by atoms with E-state index in [-0.39, 0.29) is 17.7 Å². The molecule has 0 aromatic rings. The summed E-state index contributed by atoms with van der Waals surface area (Å²) in [4.78, 5) is 24.0. The fraction of sp³-hybridized carbons (Fsp3) is 0.920. The van der Waals surface area contributed by atoms with Gasteiger partial charge in [-0.15, -0.1) is 0 Å². The molecule has 1 aliphatic heterocycles. The zero-order valence-electron chi connectivity index (χ0n) is 21.2. The van der Waals surface area contributed by atoms with Gasteiger partial charge in [-0.25, -0.2) is 0 Å². The van der Waals surface area contributed by atoms with Gasteiger partial charge in [0.15, 0.2) is 0 Å². The molecule has 4 nitrogen and oxygen atoms in total. The average molecular weight is 538 g/mol. The van der Waals surface area contributed by atoms with Crippen LogP contribution in [0.1, 0.15) is 91.9 Å². The van der Waals surface area contributed by atoms with Gasteiger partial charge in [0.25, 0.3) is 0 Å². The second-order valence-corrected chi connectivity index (χ2v) is 15.7. The fourth-order valence-corrected chi connectivity index (χ4v) is 9.35. The molecule has 0 radical (unpaired) electrons. The lowest BCUT2D eigenvalue weighted by Gasteiger charge is -2.23. The first-order chi connectivity index (χ1) is 15.7. The number of Topliss-reactive ketones (excluding diaryl/α,β-unsaturated/α-hetero) is 1. The molecule has 1 rings (SSSR count). The van der Waals surface area contributed by atoms with Crippen LogP contribution in [0, 0.1) is 17.3 Å². The number of carboxylic acid groups (broad SMARTS) is 1. The summed E-state index contributed by atoms with van der Waals surface area (Å²) < 4.78 is 0. The van der Waals surface area contributed by atoms with E-state index >= 15 is 0 Å². The Kier molecular flexibility index (Phi) is 17.9. The fourth-order valence-electron chi connectivity index (χ4n) is 3.90. The quantitative estimate of drug-likeness (QED) is 0.265. The van der Waals surface area contributed by atoms with Crippen molar-refractivity contribution in [3.8, 4) is 0 Å². The van der Waals surface area contributed by atoms with E-state index in [0.29, 0.717) is 12.8 Å². The summed E-state index contributed by atoms with van der Waals surface area (Å²) in [6.45, 7) is 9.05. The molecule has 0 amide bonds. The van der Waals surface area contributed by atoms with E-state index in [1.807, 2.05) is 43.2 Å². The van der Waals surface area contributed by atoms with E-state index in [2.05, 4.69) is 33.0 Å². The van der Waals surface area contributed by atoms with E-state index in [1.165, 1.54) is 56.5 Å². The molecule has 1 fully saturated rings. The maximum Gasteiger partial charge on any atom is 0.320 e. The van der Waals surface area contributed by atoms with Crippen molar-refractivity contribution in [2.45, 2.75) is 97.9 Å². The summed E-state index contributed by atoms with van der Waals surface area (Å²) in [5.74, 6) is 5.15. The van der Waals surface area contributed by atoms with Gasteiger partial charge in [0.2, 0.25) is 0 Å². The SMILES string of the molecule is CC(C)CCCCC1CCCCSSCC(C)(C)CC(=O)CNC(C(=O)O)CCCSSC1. The number of carboxylic acids is 1. The summed E-state index contributed by atoms with van der Waals surface area (Å²) in [7, 11) is 7.68. The first-order valence-corrected chi connectivity index (χ1v) is 17.6. The van der Waals surface area contributed by atoms with Crippen molar-refractivity contribution in [3.63, 3.8) is 0 Å². The second kappa shape index (κ2) is 18.7. The van der Waals surface area contributed by atoms with E-state index in [1.54, 1.807) is 0 Å². The molecule has 1 heterocycles. The van der Waals surface area contributed by atoms with E-state index in [4.69, 9.17) is 0 Å². The highest BCUT2D eigenvalue weighted by Gasteiger charge is 2.24. The predicted molar refractivity (Wildman–Crippen MR) is 153 cm³/mol. The first-order valence-electron chi connectivity index (χ1n) is 12.7. The minimum Gasteiger partial charge on any atom is -0.480 e. The number of rotatable bonds is 6. The Morgan fingerprint density at radius 3 is 2.52 bits per heavy atom. The third-order valence-corrected chi connectivity index (χ3v) is 11.4. The molecule has 194 valence electrons. The summed E-state index contributed by atoms with van der Waals surface area (Å²) >= 11 is 0. The van der Waals surface area contributed by atoms with Gasteiger partial charge in [-0.3, -0.25) is 14.9 Å². The van der Waals surface area contributed by atoms with Gasteiger partial charge < -0.3 is 5.11 Å². The summed E-state index contributed by atoms with van der Waals surface area (Å²) in [5, 5.41) is 12.5. The molecule has 2 atom stereocenters. The number of carbonyl (C=O) groups is 2. The van der Waals surface area contributed by atoms with Gasteiger partial charge in [0.1, 0.15) is 11.8 Å². The zero-order chi connectivity index (χ0) is 24.5. The molecule has 0 spiro atoms. The molecule has 0 bridgehead atoms. The molecular weight excluding hydrogens is 491 g/mol. The van der Waals surface area contributed by atoms with Crippen molar-refractivity contribution in [2.75, 3.05) is 29.6 Å². The van der Waals surface area contributed by atoms with Crippen LogP contribution in [0.25, 0.3) is 0 Å². The number of nitrogens with one attached hydrogen (secondary N) is 1. The molecule has 1 saturated heterocycles. The summed E-state index contributed by atoms with van der Waals surface area (Å²) in [5.41, 5.74) is -0.0646. The normalized spacial score (nSPS) is 25.5. The van der Waals surface area contributed by atoms with Crippen molar-refractivity contribution in [1.29, 1.82) is 0 Å². The van der Waals surface area contributed by atoms with Gasteiger partial charge >= 0.3 is 5.97 Å². The number of hydrogen-bond donors (Lipinski definition) is 2. The van der Waals surface area contributed by atoms with Crippen molar-refractivity contribution in [1.82, 2.24) is 5.32 Å². The van der Waals surface area contributed by atoms with Crippen molar-refractivity contribution in [3.05, 3.63) is 0 Å². The third-order valence-electron chi connectivity index (χ3n) is 5.89.